The Morgan fingerprint density at radius 3 is 1.41 bits per heavy atom. The van der Waals surface area contributed by atoms with Crippen LogP contribution in [-0.2, 0) is 12.8 Å². The quantitative estimate of drug-likeness (QED) is 0.692. The average Bonchev–Trinajstić information content (AvgIpc) is 2.55. The van der Waals surface area contributed by atoms with Gasteiger partial charge >= 0.3 is 0 Å². The van der Waals surface area contributed by atoms with Gasteiger partial charge in [-0.2, -0.15) is 0 Å². The molecule has 0 aliphatic rings. The van der Waals surface area contributed by atoms with E-state index in [0.717, 1.165) is 48.3 Å². The van der Waals surface area contributed by atoms with E-state index in [-0.39, 0.29) is 0 Å². The number of ether oxygens (including phenoxy) is 2. The molecule has 2 aromatic carbocycles. The Hall–Kier alpha value is -1.96. The van der Waals surface area contributed by atoms with Crippen LogP contribution in [0.5, 0.6) is 11.5 Å². The molecule has 0 heterocycles. The van der Waals surface area contributed by atoms with Crippen LogP contribution in [0.4, 0.5) is 0 Å². The van der Waals surface area contributed by atoms with Crippen molar-refractivity contribution in [3.8, 4) is 22.6 Å². The Balaban J connectivity index is 2.56. The lowest BCUT2D eigenvalue weighted by atomic mass is 9.96. The summed E-state index contributed by atoms with van der Waals surface area (Å²) in [4.78, 5) is 0. The summed E-state index contributed by atoms with van der Waals surface area (Å²) in [7, 11) is 3.45. The molecule has 0 radical (unpaired) electrons. The van der Waals surface area contributed by atoms with Crippen molar-refractivity contribution in [1.29, 1.82) is 0 Å². The minimum absolute atomic E-state index is 0.895. The van der Waals surface area contributed by atoms with Gasteiger partial charge in [-0.25, -0.2) is 0 Å². The summed E-state index contributed by atoms with van der Waals surface area (Å²) < 4.78 is 11.2. The molecule has 0 atom stereocenters. The summed E-state index contributed by atoms with van der Waals surface area (Å²) in [6.07, 6.45) is 4.43. The molecule has 0 aliphatic heterocycles. The average molecular weight is 298 g/mol. The molecule has 22 heavy (non-hydrogen) atoms. The lowest BCUT2D eigenvalue weighted by molar-refractivity contribution is 0.410. The van der Waals surface area contributed by atoms with Crippen molar-refractivity contribution in [1.82, 2.24) is 0 Å². The number of benzene rings is 2. The molecule has 0 N–H and O–H groups in total. The highest BCUT2D eigenvalue weighted by Crippen LogP contribution is 2.38. The third kappa shape index (κ3) is 3.62. The first-order valence-electron chi connectivity index (χ1n) is 8.07. The van der Waals surface area contributed by atoms with Gasteiger partial charge in [0.25, 0.3) is 0 Å². The van der Waals surface area contributed by atoms with Crippen molar-refractivity contribution >= 4 is 0 Å². The number of aryl methyl sites for hydroxylation is 2. The zero-order valence-electron chi connectivity index (χ0n) is 14.1. The Kier molecular flexibility index (Phi) is 5.88. The molecule has 2 nitrogen and oxygen atoms in total. The summed E-state index contributed by atoms with van der Waals surface area (Å²) in [5.74, 6) is 1.79. The molecular weight excluding hydrogens is 272 g/mol. The number of methoxy groups -OCH3 is 2. The van der Waals surface area contributed by atoms with E-state index in [1.807, 2.05) is 0 Å². The predicted molar refractivity (Wildman–Crippen MR) is 93.0 cm³/mol. The first-order chi connectivity index (χ1) is 10.7. The standard InChI is InChI=1S/C20H26O2/c1-5-7-15-9-11-19(21-3)17(13-15)18-14-16(8-6-2)10-12-20(18)22-4/h9-14H,5-8H2,1-4H3. The molecule has 0 bridgehead atoms. The third-order valence-corrected chi connectivity index (χ3v) is 3.90. The van der Waals surface area contributed by atoms with Crippen LogP contribution in [0.2, 0.25) is 0 Å². The van der Waals surface area contributed by atoms with Crippen molar-refractivity contribution in [2.75, 3.05) is 14.2 Å². The molecule has 0 aromatic heterocycles. The van der Waals surface area contributed by atoms with Gasteiger partial charge in [-0.05, 0) is 48.2 Å². The molecule has 2 heteroatoms. The maximum atomic E-state index is 5.58. The Labute approximate surface area is 134 Å². The Bertz CT molecular complexity index is 562. The highest BCUT2D eigenvalue weighted by atomic mass is 16.5. The highest BCUT2D eigenvalue weighted by molar-refractivity contribution is 5.77. The largest absolute Gasteiger partial charge is 0.496 e. The molecule has 0 saturated carbocycles. The minimum atomic E-state index is 0.895. The molecular formula is C20H26O2. The van der Waals surface area contributed by atoms with Crippen LogP contribution in [0.25, 0.3) is 11.1 Å². The van der Waals surface area contributed by atoms with Crippen molar-refractivity contribution in [3.05, 3.63) is 47.5 Å². The van der Waals surface area contributed by atoms with Gasteiger partial charge in [-0.3, -0.25) is 0 Å². The Morgan fingerprint density at radius 1 is 0.682 bits per heavy atom. The van der Waals surface area contributed by atoms with Crippen LogP contribution >= 0.6 is 0 Å². The van der Waals surface area contributed by atoms with Gasteiger partial charge in [0.1, 0.15) is 11.5 Å². The second-order valence-corrected chi connectivity index (χ2v) is 5.57. The van der Waals surface area contributed by atoms with E-state index in [1.54, 1.807) is 14.2 Å². The lowest BCUT2D eigenvalue weighted by Gasteiger charge is -2.15. The zero-order chi connectivity index (χ0) is 15.9. The fourth-order valence-corrected chi connectivity index (χ4v) is 2.82. The summed E-state index contributed by atoms with van der Waals surface area (Å²) in [6.45, 7) is 4.40. The second kappa shape index (κ2) is 7.88. The topological polar surface area (TPSA) is 18.5 Å². The molecule has 0 amide bonds. The van der Waals surface area contributed by atoms with Crippen molar-refractivity contribution in [2.24, 2.45) is 0 Å². The van der Waals surface area contributed by atoms with Gasteiger partial charge in [0.15, 0.2) is 0 Å². The van der Waals surface area contributed by atoms with E-state index in [4.69, 9.17) is 9.47 Å². The van der Waals surface area contributed by atoms with Gasteiger partial charge in [0.05, 0.1) is 14.2 Å². The summed E-state index contributed by atoms with van der Waals surface area (Å²) in [5.41, 5.74) is 4.90. The maximum Gasteiger partial charge on any atom is 0.126 e. The van der Waals surface area contributed by atoms with Crippen LogP contribution in [0.15, 0.2) is 36.4 Å². The Morgan fingerprint density at radius 2 is 1.09 bits per heavy atom. The predicted octanol–water partition coefficient (Wildman–Crippen LogP) is 5.28. The van der Waals surface area contributed by atoms with Crippen LogP contribution in [0.1, 0.15) is 37.8 Å². The lowest BCUT2D eigenvalue weighted by Crippen LogP contribution is -1.95. The van der Waals surface area contributed by atoms with Crippen LogP contribution in [-0.4, -0.2) is 14.2 Å². The molecule has 2 aromatic rings. The van der Waals surface area contributed by atoms with Crippen molar-refractivity contribution in [2.45, 2.75) is 39.5 Å². The molecule has 0 fully saturated rings. The monoisotopic (exact) mass is 298 g/mol. The first-order valence-corrected chi connectivity index (χ1v) is 8.07. The number of hydrogen-bond acceptors (Lipinski definition) is 2. The van der Waals surface area contributed by atoms with Crippen molar-refractivity contribution < 1.29 is 9.47 Å². The van der Waals surface area contributed by atoms with Gasteiger partial charge < -0.3 is 9.47 Å². The van der Waals surface area contributed by atoms with Gasteiger partial charge in [-0.15, -0.1) is 0 Å². The molecule has 0 aliphatic carbocycles. The SMILES string of the molecule is CCCc1ccc(OC)c(-c2cc(CCC)ccc2OC)c1. The van der Waals surface area contributed by atoms with Crippen LogP contribution in [0.3, 0.4) is 0 Å². The van der Waals surface area contributed by atoms with Crippen LogP contribution < -0.4 is 9.47 Å². The second-order valence-electron chi connectivity index (χ2n) is 5.57. The fraction of sp³-hybridized carbons (Fsp3) is 0.400. The van der Waals surface area contributed by atoms with E-state index in [0.29, 0.717) is 0 Å². The summed E-state index contributed by atoms with van der Waals surface area (Å²) >= 11 is 0. The maximum absolute atomic E-state index is 5.58. The fourth-order valence-electron chi connectivity index (χ4n) is 2.82. The molecule has 0 unspecified atom stereocenters. The van der Waals surface area contributed by atoms with Gasteiger partial charge in [0, 0.05) is 11.1 Å². The zero-order valence-corrected chi connectivity index (χ0v) is 14.1. The number of hydrogen-bond donors (Lipinski definition) is 0. The van der Waals surface area contributed by atoms with E-state index in [1.165, 1.54) is 11.1 Å². The van der Waals surface area contributed by atoms with E-state index >= 15 is 0 Å². The van der Waals surface area contributed by atoms with Gasteiger partial charge in [-0.1, -0.05) is 38.8 Å². The molecule has 2 rings (SSSR count). The normalized spacial score (nSPS) is 10.5. The highest BCUT2D eigenvalue weighted by Gasteiger charge is 2.13. The first kappa shape index (κ1) is 16.4. The third-order valence-electron chi connectivity index (χ3n) is 3.90. The van der Waals surface area contributed by atoms with E-state index in [9.17, 15) is 0 Å². The molecule has 0 spiro atoms. The minimum Gasteiger partial charge on any atom is -0.496 e. The van der Waals surface area contributed by atoms with E-state index in [2.05, 4.69) is 50.2 Å². The van der Waals surface area contributed by atoms with Gasteiger partial charge in [0.2, 0.25) is 0 Å². The van der Waals surface area contributed by atoms with Crippen molar-refractivity contribution in [3.63, 3.8) is 0 Å². The summed E-state index contributed by atoms with van der Waals surface area (Å²) in [5, 5.41) is 0. The van der Waals surface area contributed by atoms with E-state index < -0.39 is 0 Å². The smallest absolute Gasteiger partial charge is 0.126 e. The number of rotatable bonds is 7. The molecule has 118 valence electrons. The van der Waals surface area contributed by atoms with Crippen LogP contribution in [0, 0.1) is 0 Å². The molecule has 0 saturated heterocycles. The summed E-state index contributed by atoms with van der Waals surface area (Å²) in [6, 6.07) is 12.9.